The van der Waals surface area contributed by atoms with Gasteiger partial charge in [0.25, 0.3) is 11.6 Å². The summed E-state index contributed by atoms with van der Waals surface area (Å²) < 4.78 is 0. The summed E-state index contributed by atoms with van der Waals surface area (Å²) in [6.07, 6.45) is 3.78. The lowest BCUT2D eigenvalue weighted by Crippen LogP contribution is -2.21. The predicted molar refractivity (Wildman–Crippen MR) is 95.8 cm³/mol. The van der Waals surface area contributed by atoms with Crippen molar-refractivity contribution in [2.75, 3.05) is 0 Å². The molecule has 1 heterocycles. The first-order valence-electron chi connectivity index (χ1n) is 7.78. The monoisotopic (exact) mass is 349 g/mol. The Hall–Kier alpha value is -3.81. The van der Waals surface area contributed by atoms with E-state index in [4.69, 9.17) is 0 Å². The van der Waals surface area contributed by atoms with E-state index < -0.39 is 10.8 Å². The molecule has 0 fully saturated rings. The number of carbonyl (C=O) groups is 1. The number of non-ortho nitro benzene ring substituents is 1. The first kappa shape index (κ1) is 17.0. The van der Waals surface area contributed by atoms with Gasteiger partial charge >= 0.3 is 0 Å². The number of imidazole rings is 1. The van der Waals surface area contributed by atoms with E-state index in [1.165, 1.54) is 24.3 Å². The highest BCUT2D eigenvalue weighted by Crippen LogP contribution is 2.12. The van der Waals surface area contributed by atoms with Crippen molar-refractivity contribution in [2.24, 2.45) is 5.10 Å². The van der Waals surface area contributed by atoms with Gasteiger partial charge < -0.3 is 4.98 Å². The largest absolute Gasteiger partial charge is 0.348 e. The summed E-state index contributed by atoms with van der Waals surface area (Å²) in [6, 6.07) is 14.8. The van der Waals surface area contributed by atoms with E-state index in [2.05, 4.69) is 20.5 Å². The van der Waals surface area contributed by atoms with Gasteiger partial charge in [0, 0.05) is 30.1 Å². The number of hydrazone groups is 1. The summed E-state index contributed by atoms with van der Waals surface area (Å²) in [5.74, 6) is 0.268. The fraction of sp³-hybridized carbons (Fsp3) is 0.0556. The first-order valence-corrected chi connectivity index (χ1v) is 7.78. The number of nitro groups is 1. The van der Waals surface area contributed by atoms with E-state index in [1.54, 1.807) is 12.4 Å². The molecule has 0 saturated carbocycles. The molecule has 0 unspecified atom stereocenters. The van der Waals surface area contributed by atoms with E-state index >= 15 is 0 Å². The van der Waals surface area contributed by atoms with Gasteiger partial charge in [0.1, 0.15) is 5.82 Å². The second-order valence-electron chi connectivity index (χ2n) is 5.38. The van der Waals surface area contributed by atoms with Gasteiger partial charge in [0.05, 0.1) is 17.1 Å². The molecule has 8 nitrogen and oxygen atoms in total. The molecule has 2 N–H and O–H groups in total. The number of H-pyrrole nitrogens is 1. The average Bonchev–Trinajstić information content (AvgIpc) is 3.19. The first-order chi connectivity index (χ1) is 12.6. The molecule has 0 aliphatic heterocycles. The van der Waals surface area contributed by atoms with Crippen LogP contribution in [-0.4, -0.2) is 26.5 Å². The number of nitro benzene ring substituents is 1. The third kappa shape index (κ3) is 4.18. The number of hydrogen-bond donors (Lipinski definition) is 2. The fourth-order valence-electron chi connectivity index (χ4n) is 2.31. The molecule has 3 aromatic rings. The molecule has 0 aliphatic rings. The number of nitrogens with zero attached hydrogens (tertiary/aromatic N) is 3. The SMILES string of the molecule is O=C(N/N=C(/Cc1ncc[nH]1)c1ccccc1)c1ccc([N+](=O)[O-])cc1. The lowest BCUT2D eigenvalue weighted by atomic mass is 10.1. The van der Waals surface area contributed by atoms with E-state index in [9.17, 15) is 14.9 Å². The molecule has 2 aromatic carbocycles. The number of aromatic amines is 1. The normalized spacial score (nSPS) is 11.2. The molecule has 130 valence electrons. The van der Waals surface area contributed by atoms with Crippen LogP contribution in [0.25, 0.3) is 0 Å². The van der Waals surface area contributed by atoms with Gasteiger partial charge in [0.15, 0.2) is 0 Å². The molecule has 0 bridgehead atoms. The minimum absolute atomic E-state index is 0.0761. The van der Waals surface area contributed by atoms with Crippen molar-refractivity contribution in [1.29, 1.82) is 0 Å². The number of benzene rings is 2. The van der Waals surface area contributed by atoms with E-state index in [0.29, 0.717) is 12.1 Å². The van der Waals surface area contributed by atoms with E-state index in [1.807, 2.05) is 30.3 Å². The maximum absolute atomic E-state index is 12.3. The summed E-state index contributed by atoms with van der Waals surface area (Å²) >= 11 is 0. The van der Waals surface area contributed by atoms with Crippen LogP contribution in [0, 0.1) is 10.1 Å². The molecule has 3 rings (SSSR count). The average molecular weight is 349 g/mol. The van der Waals surface area contributed by atoms with Crippen LogP contribution in [0.1, 0.15) is 21.7 Å². The Bertz CT molecular complexity index is 919. The van der Waals surface area contributed by atoms with Crippen LogP contribution in [-0.2, 0) is 6.42 Å². The minimum atomic E-state index is -0.517. The zero-order chi connectivity index (χ0) is 18.4. The van der Waals surface area contributed by atoms with Crippen LogP contribution in [0.3, 0.4) is 0 Å². The van der Waals surface area contributed by atoms with E-state index in [-0.39, 0.29) is 11.3 Å². The smallest absolute Gasteiger partial charge is 0.271 e. The van der Waals surface area contributed by atoms with Crippen molar-refractivity contribution in [2.45, 2.75) is 6.42 Å². The Kier molecular flexibility index (Phi) is 5.14. The van der Waals surface area contributed by atoms with Gasteiger partial charge in [-0.1, -0.05) is 30.3 Å². The van der Waals surface area contributed by atoms with Crippen molar-refractivity contribution in [3.63, 3.8) is 0 Å². The zero-order valence-corrected chi connectivity index (χ0v) is 13.6. The van der Waals surface area contributed by atoms with Crippen LogP contribution >= 0.6 is 0 Å². The Labute approximate surface area is 148 Å². The summed E-state index contributed by atoms with van der Waals surface area (Å²) in [4.78, 5) is 29.6. The number of rotatable bonds is 6. The molecule has 0 aliphatic carbocycles. The highest BCUT2D eigenvalue weighted by atomic mass is 16.6. The Balaban J connectivity index is 1.79. The van der Waals surface area contributed by atoms with Crippen molar-refractivity contribution in [3.05, 3.63) is 94.1 Å². The third-order valence-corrected chi connectivity index (χ3v) is 3.63. The van der Waals surface area contributed by atoms with Crippen LogP contribution in [0.4, 0.5) is 5.69 Å². The molecule has 1 aromatic heterocycles. The number of aromatic nitrogens is 2. The molecular weight excluding hydrogens is 334 g/mol. The second kappa shape index (κ2) is 7.84. The fourth-order valence-corrected chi connectivity index (χ4v) is 2.31. The minimum Gasteiger partial charge on any atom is -0.348 e. The quantitative estimate of drug-likeness (QED) is 0.404. The number of amides is 1. The Morgan fingerprint density at radius 1 is 1.12 bits per heavy atom. The molecule has 0 atom stereocenters. The van der Waals surface area contributed by atoms with Crippen molar-refractivity contribution < 1.29 is 9.72 Å². The molecule has 0 radical (unpaired) electrons. The standard InChI is InChI=1S/C18H15N5O3/c24-18(14-6-8-15(9-7-14)23(25)26)22-21-16(12-17-19-10-11-20-17)13-4-2-1-3-5-13/h1-11H,12H2,(H,19,20)(H,22,24)/b21-16-. The number of hydrogen-bond acceptors (Lipinski definition) is 5. The molecule has 0 spiro atoms. The maximum atomic E-state index is 12.3. The molecule has 1 amide bonds. The topological polar surface area (TPSA) is 113 Å². The van der Waals surface area contributed by atoms with E-state index in [0.717, 1.165) is 11.4 Å². The highest BCUT2D eigenvalue weighted by molar-refractivity contribution is 6.03. The molecule has 26 heavy (non-hydrogen) atoms. The lowest BCUT2D eigenvalue weighted by molar-refractivity contribution is -0.384. The van der Waals surface area contributed by atoms with Crippen molar-refractivity contribution >= 4 is 17.3 Å². The van der Waals surface area contributed by atoms with Crippen molar-refractivity contribution in [3.8, 4) is 0 Å². The van der Waals surface area contributed by atoms with Gasteiger partial charge in [-0.05, 0) is 17.7 Å². The number of carbonyl (C=O) groups excluding carboxylic acids is 1. The highest BCUT2D eigenvalue weighted by Gasteiger charge is 2.11. The Morgan fingerprint density at radius 2 is 1.85 bits per heavy atom. The lowest BCUT2D eigenvalue weighted by Gasteiger charge is -2.06. The van der Waals surface area contributed by atoms with Crippen molar-refractivity contribution in [1.82, 2.24) is 15.4 Å². The van der Waals surface area contributed by atoms with Gasteiger partial charge in [-0.25, -0.2) is 10.4 Å². The number of nitrogens with one attached hydrogen (secondary N) is 2. The second-order valence-corrected chi connectivity index (χ2v) is 5.38. The van der Waals surface area contributed by atoms with Crippen LogP contribution in [0.5, 0.6) is 0 Å². The molecule has 8 heteroatoms. The van der Waals surface area contributed by atoms with Crippen LogP contribution < -0.4 is 5.43 Å². The van der Waals surface area contributed by atoms with Gasteiger partial charge in [-0.15, -0.1) is 0 Å². The predicted octanol–water partition coefficient (Wildman–Crippen LogP) is 2.69. The van der Waals surface area contributed by atoms with Gasteiger partial charge in [0.2, 0.25) is 0 Å². The molecular formula is C18H15N5O3. The third-order valence-electron chi connectivity index (χ3n) is 3.63. The van der Waals surface area contributed by atoms with Gasteiger partial charge in [-0.2, -0.15) is 5.10 Å². The summed E-state index contributed by atoms with van der Waals surface area (Å²) in [5.41, 5.74) is 4.19. The van der Waals surface area contributed by atoms with Crippen LogP contribution in [0.2, 0.25) is 0 Å². The summed E-state index contributed by atoms with van der Waals surface area (Å²) in [5, 5.41) is 14.9. The zero-order valence-electron chi connectivity index (χ0n) is 13.6. The summed E-state index contributed by atoms with van der Waals surface area (Å²) in [6.45, 7) is 0. The van der Waals surface area contributed by atoms with Gasteiger partial charge in [-0.3, -0.25) is 14.9 Å². The maximum Gasteiger partial charge on any atom is 0.271 e. The van der Waals surface area contributed by atoms with Crippen LogP contribution in [0.15, 0.2) is 72.1 Å². The summed E-state index contributed by atoms with van der Waals surface area (Å²) in [7, 11) is 0. The molecule has 0 saturated heterocycles. The Morgan fingerprint density at radius 3 is 2.46 bits per heavy atom.